The zero-order valence-corrected chi connectivity index (χ0v) is 14.9. The van der Waals surface area contributed by atoms with Gasteiger partial charge in [0.2, 0.25) is 0 Å². The van der Waals surface area contributed by atoms with Crippen LogP contribution in [0.25, 0.3) is 43.8 Å². The van der Waals surface area contributed by atoms with Crippen LogP contribution in [0.4, 0.5) is 0 Å². The van der Waals surface area contributed by atoms with Gasteiger partial charge in [0.1, 0.15) is 11.2 Å². The van der Waals surface area contributed by atoms with E-state index in [0.717, 1.165) is 14.7 Å². The van der Waals surface area contributed by atoms with E-state index in [0.29, 0.717) is 0 Å². The molecule has 4 aromatic carbocycles. The molecule has 0 atom stereocenters. The summed E-state index contributed by atoms with van der Waals surface area (Å²) in [6.45, 7) is 0. The van der Waals surface area contributed by atoms with Gasteiger partial charge in [0.15, 0.2) is 0 Å². The third-order valence-electron chi connectivity index (χ3n) is 4.55. The van der Waals surface area contributed by atoms with E-state index in [1.54, 1.807) is 0 Å². The fourth-order valence-corrected chi connectivity index (χ4v) is 4.02. The van der Waals surface area contributed by atoms with E-state index in [9.17, 15) is 0 Å². The Morgan fingerprint density at radius 2 is 1.46 bits per heavy atom. The minimum absolute atomic E-state index is 0.943. The summed E-state index contributed by atoms with van der Waals surface area (Å²) >= 11 is 2.33. The molecule has 0 amide bonds. The van der Waals surface area contributed by atoms with Gasteiger partial charge in [-0.2, -0.15) is 0 Å². The van der Waals surface area contributed by atoms with E-state index in [1.807, 2.05) is 0 Å². The van der Waals surface area contributed by atoms with E-state index in [2.05, 4.69) is 101 Å². The van der Waals surface area contributed by atoms with E-state index >= 15 is 0 Å². The average Bonchev–Trinajstić information content (AvgIpc) is 3.01. The van der Waals surface area contributed by atoms with Crippen molar-refractivity contribution in [1.29, 1.82) is 0 Å². The number of benzene rings is 4. The highest BCUT2D eigenvalue weighted by atomic mass is 127. The summed E-state index contributed by atoms with van der Waals surface area (Å²) in [6, 6.07) is 27.8. The number of halogens is 1. The quantitative estimate of drug-likeness (QED) is 0.266. The maximum Gasteiger partial charge on any atom is 0.148 e. The fraction of sp³-hybridized carbons (Fsp3) is 0. The van der Waals surface area contributed by atoms with Crippen LogP contribution in [0.15, 0.2) is 83.3 Å². The van der Waals surface area contributed by atoms with Crippen LogP contribution in [-0.2, 0) is 0 Å². The second-order valence-corrected chi connectivity index (χ2v) is 7.12. The van der Waals surface area contributed by atoms with Gasteiger partial charge in [0.25, 0.3) is 0 Å². The molecule has 0 fully saturated rings. The highest BCUT2D eigenvalue weighted by Crippen LogP contribution is 2.36. The summed E-state index contributed by atoms with van der Waals surface area (Å²) in [5.74, 6) is 0. The number of para-hydroxylation sites is 1. The van der Waals surface area contributed by atoms with Gasteiger partial charge in [-0.1, -0.05) is 60.7 Å². The summed E-state index contributed by atoms with van der Waals surface area (Å²) in [5, 5.41) is 4.90. The summed E-state index contributed by atoms with van der Waals surface area (Å²) in [4.78, 5) is 0. The largest absolute Gasteiger partial charge is 0.455 e. The van der Waals surface area contributed by atoms with Crippen molar-refractivity contribution < 1.29 is 4.42 Å². The van der Waals surface area contributed by atoms with Gasteiger partial charge < -0.3 is 4.42 Å². The predicted molar refractivity (Wildman–Crippen MR) is 109 cm³/mol. The molecule has 0 spiro atoms. The smallest absolute Gasteiger partial charge is 0.148 e. The minimum atomic E-state index is 0.943. The van der Waals surface area contributed by atoms with Crippen molar-refractivity contribution in [3.05, 3.63) is 82.4 Å². The molecular weight excluding hydrogens is 407 g/mol. The van der Waals surface area contributed by atoms with Crippen molar-refractivity contribution in [3.8, 4) is 11.1 Å². The number of hydrogen-bond acceptors (Lipinski definition) is 1. The van der Waals surface area contributed by atoms with Gasteiger partial charge in [-0.05, 0) is 62.7 Å². The summed E-state index contributed by atoms with van der Waals surface area (Å²) < 4.78 is 7.20. The van der Waals surface area contributed by atoms with Crippen LogP contribution >= 0.6 is 22.6 Å². The van der Waals surface area contributed by atoms with Crippen LogP contribution in [0.1, 0.15) is 0 Å². The molecule has 0 bridgehead atoms. The number of fused-ring (bicyclic) bond motifs is 4. The zero-order valence-electron chi connectivity index (χ0n) is 12.8. The van der Waals surface area contributed by atoms with Gasteiger partial charge in [0, 0.05) is 10.8 Å². The van der Waals surface area contributed by atoms with E-state index in [1.165, 1.54) is 32.7 Å². The summed E-state index contributed by atoms with van der Waals surface area (Å²) in [7, 11) is 0. The lowest BCUT2D eigenvalue weighted by Gasteiger charge is -2.07. The molecule has 24 heavy (non-hydrogen) atoms. The Labute approximate surface area is 153 Å². The predicted octanol–water partition coefficient (Wildman–Crippen LogP) is 7.01. The maximum atomic E-state index is 6.05. The Morgan fingerprint density at radius 1 is 0.667 bits per heavy atom. The molecule has 5 aromatic rings. The van der Waals surface area contributed by atoms with Crippen molar-refractivity contribution >= 4 is 55.3 Å². The first kappa shape index (κ1) is 14.1. The van der Waals surface area contributed by atoms with Crippen molar-refractivity contribution in [2.45, 2.75) is 0 Å². The lowest BCUT2D eigenvalue weighted by molar-refractivity contribution is 0.666. The van der Waals surface area contributed by atoms with Crippen LogP contribution in [-0.4, -0.2) is 0 Å². The Bertz CT molecular complexity index is 1210. The van der Waals surface area contributed by atoms with Crippen molar-refractivity contribution in [2.75, 3.05) is 0 Å². The Kier molecular flexibility index (Phi) is 3.13. The third kappa shape index (κ3) is 2.06. The standard InChI is InChI=1S/C22H13IO/c23-20-10-4-9-18-19-13-15(11-12-21(19)24-22(18)20)17-8-3-6-14-5-1-2-7-16(14)17/h1-13H. The van der Waals surface area contributed by atoms with Crippen molar-refractivity contribution in [3.63, 3.8) is 0 Å². The van der Waals surface area contributed by atoms with Crippen molar-refractivity contribution in [2.24, 2.45) is 0 Å². The molecule has 1 heterocycles. The molecule has 1 nitrogen and oxygen atoms in total. The second kappa shape index (κ2) is 5.35. The van der Waals surface area contributed by atoms with Gasteiger partial charge in [-0.25, -0.2) is 0 Å². The maximum absolute atomic E-state index is 6.05. The topological polar surface area (TPSA) is 13.1 Å². The highest BCUT2D eigenvalue weighted by Gasteiger charge is 2.11. The van der Waals surface area contributed by atoms with E-state index in [-0.39, 0.29) is 0 Å². The van der Waals surface area contributed by atoms with E-state index in [4.69, 9.17) is 4.42 Å². The highest BCUT2D eigenvalue weighted by molar-refractivity contribution is 14.1. The van der Waals surface area contributed by atoms with Crippen LogP contribution in [0.3, 0.4) is 0 Å². The Morgan fingerprint density at radius 3 is 2.42 bits per heavy atom. The zero-order chi connectivity index (χ0) is 16.1. The first-order valence-electron chi connectivity index (χ1n) is 7.90. The van der Waals surface area contributed by atoms with Crippen LogP contribution in [0, 0.1) is 3.57 Å². The average molecular weight is 420 g/mol. The molecule has 114 valence electrons. The molecular formula is C22H13IO. The molecule has 0 N–H and O–H groups in total. The van der Waals surface area contributed by atoms with Gasteiger partial charge in [-0.15, -0.1) is 0 Å². The SMILES string of the molecule is Ic1cccc2c1oc1ccc(-c3cccc4ccccc34)cc12. The molecule has 0 aliphatic rings. The van der Waals surface area contributed by atoms with Crippen LogP contribution < -0.4 is 0 Å². The molecule has 1 aromatic heterocycles. The monoisotopic (exact) mass is 420 g/mol. The first-order chi connectivity index (χ1) is 11.8. The molecule has 2 heteroatoms. The van der Waals surface area contributed by atoms with Gasteiger partial charge >= 0.3 is 0 Å². The number of hydrogen-bond donors (Lipinski definition) is 0. The molecule has 0 unspecified atom stereocenters. The Hall–Kier alpha value is -2.33. The second-order valence-electron chi connectivity index (χ2n) is 5.96. The molecule has 0 radical (unpaired) electrons. The lowest BCUT2D eigenvalue weighted by Crippen LogP contribution is -1.81. The first-order valence-corrected chi connectivity index (χ1v) is 8.98. The normalized spacial score (nSPS) is 11.5. The number of furan rings is 1. The molecule has 0 saturated heterocycles. The number of rotatable bonds is 1. The molecule has 0 aliphatic heterocycles. The van der Waals surface area contributed by atoms with Crippen LogP contribution in [0.2, 0.25) is 0 Å². The minimum Gasteiger partial charge on any atom is -0.455 e. The molecule has 5 rings (SSSR count). The van der Waals surface area contributed by atoms with Gasteiger partial charge in [0.05, 0.1) is 3.57 Å². The van der Waals surface area contributed by atoms with Crippen molar-refractivity contribution in [1.82, 2.24) is 0 Å². The molecule has 0 aliphatic carbocycles. The summed E-state index contributed by atoms with van der Waals surface area (Å²) in [6.07, 6.45) is 0. The molecule has 0 saturated carbocycles. The van der Waals surface area contributed by atoms with Crippen LogP contribution in [0.5, 0.6) is 0 Å². The van der Waals surface area contributed by atoms with Gasteiger partial charge in [-0.3, -0.25) is 0 Å². The fourth-order valence-electron chi connectivity index (χ4n) is 3.41. The van der Waals surface area contributed by atoms with E-state index < -0.39 is 0 Å². The lowest BCUT2D eigenvalue weighted by atomic mass is 9.97. The summed E-state index contributed by atoms with van der Waals surface area (Å²) in [5.41, 5.74) is 4.40. The Balaban J connectivity index is 1.84. The third-order valence-corrected chi connectivity index (χ3v) is 5.40.